The summed E-state index contributed by atoms with van der Waals surface area (Å²) in [6.45, 7) is 5.28. The second kappa shape index (κ2) is 4.70. The van der Waals surface area contributed by atoms with E-state index in [-0.39, 0.29) is 0 Å². The summed E-state index contributed by atoms with van der Waals surface area (Å²) in [5.74, 6) is 1.04. The van der Waals surface area contributed by atoms with Crippen LogP contribution >= 0.6 is 22.6 Å². The van der Waals surface area contributed by atoms with Crippen molar-refractivity contribution in [3.05, 3.63) is 27.3 Å². The summed E-state index contributed by atoms with van der Waals surface area (Å²) in [7, 11) is 0. The van der Waals surface area contributed by atoms with Gasteiger partial charge in [0.25, 0.3) is 0 Å². The molecule has 0 saturated heterocycles. The van der Waals surface area contributed by atoms with Gasteiger partial charge >= 0.3 is 0 Å². The molecule has 3 heteroatoms. The molecule has 1 aromatic rings. The molecule has 1 aliphatic heterocycles. The van der Waals surface area contributed by atoms with Crippen LogP contribution in [0.4, 0.5) is 0 Å². The average molecular weight is 317 g/mol. The summed E-state index contributed by atoms with van der Waals surface area (Å²) in [5.41, 5.74) is 1.31. The summed E-state index contributed by atoms with van der Waals surface area (Å²) in [4.78, 5) is 0. The van der Waals surface area contributed by atoms with Crippen molar-refractivity contribution in [3.63, 3.8) is 0 Å². The van der Waals surface area contributed by atoms with E-state index < -0.39 is 0 Å². The van der Waals surface area contributed by atoms with Crippen LogP contribution in [0.25, 0.3) is 0 Å². The molecule has 2 nitrogen and oxygen atoms in total. The second-order valence-electron chi connectivity index (χ2n) is 3.96. The van der Waals surface area contributed by atoms with Gasteiger partial charge in [-0.2, -0.15) is 0 Å². The number of fused-ring (bicyclic) bond motifs is 1. The number of benzene rings is 1. The Morgan fingerprint density at radius 2 is 2.33 bits per heavy atom. The van der Waals surface area contributed by atoms with Gasteiger partial charge in [0.05, 0.1) is 6.10 Å². The van der Waals surface area contributed by atoms with Gasteiger partial charge in [-0.25, -0.2) is 0 Å². The largest absolute Gasteiger partial charge is 0.490 e. The highest BCUT2D eigenvalue weighted by Gasteiger charge is 2.24. The molecule has 82 valence electrons. The zero-order valence-electron chi connectivity index (χ0n) is 9.09. The molecular weight excluding hydrogens is 301 g/mol. The van der Waals surface area contributed by atoms with E-state index in [0.29, 0.717) is 12.1 Å². The SMILES string of the molecule is CCNC1CC(C)Oc2ccc(I)cc21. The van der Waals surface area contributed by atoms with Crippen LogP contribution in [-0.4, -0.2) is 12.6 Å². The molecule has 1 aromatic carbocycles. The molecule has 15 heavy (non-hydrogen) atoms. The fraction of sp³-hybridized carbons (Fsp3) is 0.500. The van der Waals surface area contributed by atoms with E-state index >= 15 is 0 Å². The fourth-order valence-corrected chi connectivity index (χ4v) is 2.58. The van der Waals surface area contributed by atoms with Gasteiger partial charge in [0.15, 0.2) is 0 Å². The minimum atomic E-state index is 0.307. The lowest BCUT2D eigenvalue weighted by Gasteiger charge is -2.31. The molecule has 2 unspecified atom stereocenters. The van der Waals surface area contributed by atoms with Gasteiger partial charge in [0, 0.05) is 21.6 Å². The smallest absolute Gasteiger partial charge is 0.124 e. The Labute approximate surface area is 105 Å². The van der Waals surface area contributed by atoms with E-state index in [4.69, 9.17) is 4.74 Å². The topological polar surface area (TPSA) is 21.3 Å². The quantitative estimate of drug-likeness (QED) is 0.846. The molecule has 1 heterocycles. The van der Waals surface area contributed by atoms with Crippen LogP contribution < -0.4 is 10.1 Å². The summed E-state index contributed by atoms with van der Waals surface area (Å²) in [6, 6.07) is 6.84. The van der Waals surface area contributed by atoms with E-state index in [1.807, 2.05) is 0 Å². The maximum absolute atomic E-state index is 5.82. The fourth-order valence-electron chi connectivity index (χ4n) is 2.06. The van der Waals surface area contributed by atoms with Crippen molar-refractivity contribution in [1.29, 1.82) is 0 Å². The lowest BCUT2D eigenvalue weighted by atomic mass is 9.97. The van der Waals surface area contributed by atoms with Crippen molar-refractivity contribution < 1.29 is 4.74 Å². The summed E-state index contributed by atoms with van der Waals surface area (Å²) < 4.78 is 7.09. The van der Waals surface area contributed by atoms with Crippen LogP contribution in [0.5, 0.6) is 5.75 Å². The van der Waals surface area contributed by atoms with Gasteiger partial charge in [0.2, 0.25) is 0 Å². The predicted octanol–water partition coefficient (Wildman–Crippen LogP) is 3.11. The Bertz CT molecular complexity index is 353. The summed E-state index contributed by atoms with van der Waals surface area (Å²) >= 11 is 2.35. The molecule has 0 radical (unpaired) electrons. The predicted molar refractivity (Wildman–Crippen MR) is 70.3 cm³/mol. The minimum absolute atomic E-state index is 0.307. The van der Waals surface area contributed by atoms with Crippen molar-refractivity contribution in [2.24, 2.45) is 0 Å². The Balaban J connectivity index is 2.34. The zero-order chi connectivity index (χ0) is 10.8. The van der Waals surface area contributed by atoms with Crippen molar-refractivity contribution in [3.8, 4) is 5.75 Å². The van der Waals surface area contributed by atoms with Crippen LogP contribution in [-0.2, 0) is 0 Å². The molecule has 2 atom stereocenters. The van der Waals surface area contributed by atoms with E-state index in [0.717, 1.165) is 18.7 Å². The Hall–Kier alpha value is -0.290. The van der Waals surface area contributed by atoms with Crippen molar-refractivity contribution in [1.82, 2.24) is 5.32 Å². The first-order valence-corrected chi connectivity index (χ1v) is 6.48. The Kier molecular flexibility index (Phi) is 3.51. The number of hydrogen-bond acceptors (Lipinski definition) is 2. The molecule has 1 aliphatic rings. The molecule has 0 aromatic heterocycles. The Morgan fingerprint density at radius 3 is 3.07 bits per heavy atom. The van der Waals surface area contributed by atoms with Crippen molar-refractivity contribution in [2.45, 2.75) is 32.4 Å². The van der Waals surface area contributed by atoms with Crippen LogP contribution in [0.1, 0.15) is 31.9 Å². The normalized spacial score (nSPS) is 24.5. The number of halogens is 1. The molecule has 0 spiro atoms. The molecule has 0 aliphatic carbocycles. The average Bonchev–Trinajstić information content (AvgIpc) is 2.19. The van der Waals surface area contributed by atoms with Crippen LogP contribution in [0, 0.1) is 3.57 Å². The van der Waals surface area contributed by atoms with Gasteiger partial charge in [-0.3, -0.25) is 0 Å². The van der Waals surface area contributed by atoms with E-state index in [1.54, 1.807) is 0 Å². The van der Waals surface area contributed by atoms with Gasteiger partial charge in [-0.1, -0.05) is 6.92 Å². The van der Waals surface area contributed by atoms with E-state index in [9.17, 15) is 0 Å². The molecule has 0 bridgehead atoms. The van der Waals surface area contributed by atoms with Gasteiger partial charge in [-0.05, 0) is 54.3 Å². The first-order valence-electron chi connectivity index (χ1n) is 5.40. The molecule has 0 fully saturated rings. The number of rotatable bonds is 2. The van der Waals surface area contributed by atoms with Crippen molar-refractivity contribution in [2.75, 3.05) is 6.54 Å². The molecule has 0 amide bonds. The third kappa shape index (κ3) is 2.45. The molecule has 2 rings (SSSR count). The van der Waals surface area contributed by atoms with Gasteiger partial charge in [0.1, 0.15) is 5.75 Å². The lowest BCUT2D eigenvalue weighted by Crippen LogP contribution is -2.31. The molecule has 0 saturated carbocycles. The first-order chi connectivity index (χ1) is 7.20. The monoisotopic (exact) mass is 317 g/mol. The highest BCUT2D eigenvalue weighted by molar-refractivity contribution is 14.1. The first kappa shape index (κ1) is 11.2. The highest BCUT2D eigenvalue weighted by Crippen LogP contribution is 2.35. The highest BCUT2D eigenvalue weighted by atomic mass is 127. The third-order valence-electron chi connectivity index (χ3n) is 2.69. The summed E-state index contributed by atoms with van der Waals surface area (Å²) in [6.07, 6.45) is 1.36. The maximum Gasteiger partial charge on any atom is 0.124 e. The van der Waals surface area contributed by atoms with Gasteiger partial charge < -0.3 is 10.1 Å². The van der Waals surface area contributed by atoms with Crippen LogP contribution in [0.2, 0.25) is 0 Å². The van der Waals surface area contributed by atoms with Crippen LogP contribution in [0.3, 0.4) is 0 Å². The number of nitrogens with one attached hydrogen (secondary N) is 1. The van der Waals surface area contributed by atoms with Crippen LogP contribution in [0.15, 0.2) is 18.2 Å². The third-order valence-corrected chi connectivity index (χ3v) is 3.36. The summed E-state index contributed by atoms with van der Waals surface area (Å²) in [5, 5.41) is 3.51. The maximum atomic E-state index is 5.82. The molecular formula is C12H16INO. The number of hydrogen-bond donors (Lipinski definition) is 1. The van der Waals surface area contributed by atoms with E-state index in [1.165, 1.54) is 9.13 Å². The second-order valence-corrected chi connectivity index (χ2v) is 5.20. The standard InChI is InChI=1S/C12H16INO/c1-3-14-11-6-8(2)15-12-5-4-9(13)7-10(11)12/h4-5,7-8,11,14H,3,6H2,1-2H3. The van der Waals surface area contributed by atoms with Gasteiger partial charge in [-0.15, -0.1) is 0 Å². The Morgan fingerprint density at radius 1 is 1.53 bits per heavy atom. The minimum Gasteiger partial charge on any atom is -0.490 e. The molecule has 1 N–H and O–H groups in total. The zero-order valence-corrected chi connectivity index (χ0v) is 11.2. The van der Waals surface area contributed by atoms with Crippen molar-refractivity contribution >= 4 is 22.6 Å². The lowest BCUT2D eigenvalue weighted by molar-refractivity contribution is 0.167. The number of ether oxygens (including phenoxy) is 1. The van der Waals surface area contributed by atoms with E-state index in [2.05, 4.69) is 60.0 Å².